The average molecular weight is 560 g/mol. The number of ether oxygens (including phenoxy) is 2. The number of tetrazole rings is 1. The highest BCUT2D eigenvalue weighted by atomic mass is 35.5. The van der Waals surface area contributed by atoms with E-state index in [0.717, 1.165) is 36.8 Å². The summed E-state index contributed by atoms with van der Waals surface area (Å²) in [5.74, 6) is 0.890. The SMILES string of the molecule is C[C@@H](Cn1cnnn1)Oc1cc(-c2cnc(Nc3cn(C4CCCCC4)nc3OCC(F)F)nc2)ccc1Cl. The van der Waals surface area contributed by atoms with Crippen molar-refractivity contribution in [1.29, 1.82) is 0 Å². The van der Waals surface area contributed by atoms with E-state index in [9.17, 15) is 8.78 Å². The number of aromatic nitrogens is 8. The summed E-state index contributed by atoms with van der Waals surface area (Å²) in [5.41, 5.74) is 1.98. The Bertz CT molecular complexity index is 1350. The van der Waals surface area contributed by atoms with E-state index < -0.39 is 13.0 Å². The first-order valence-electron chi connectivity index (χ1n) is 12.7. The molecule has 0 radical (unpaired) electrons. The van der Waals surface area contributed by atoms with Gasteiger partial charge in [-0.15, -0.1) is 10.2 Å². The Labute approximate surface area is 228 Å². The number of nitrogens with one attached hydrogen (secondary N) is 1. The van der Waals surface area contributed by atoms with Crippen LogP contribution in [0.1, 0.15) is 45.1 Å². The summed E-state index contributed by atoms with van der Waals surface area (Å²) < 4.78 is 40.3. The van der Waals surface area contributed by atoms with Crippen molar-refractivity contribution in [3.05, 3.63) is 48.1 Å². The highest BCUT2D eigenvalue weighted by molar-refractivity contribution is 6.32. The molecule has 5 rings (SSSR count). The van der Waals surface area contributed by atoms with E-state index in [2.05, 4.69) is 35.9 Å². The maximum atomic E-state index is 12.8. The van der Waals surface area contributed by atoms with Gasteiger partial charge in [-0.2, -0.15) is 0 Å². The highest BCUT2D eigenvalue weighted by Gasteiger charge is 2.21. The number of nitrogens with zero attached hydrogens (tertiary/aromatic N) is 8. The van der Waals surface area contributed by atoms with E-state index in [1.165, 1.54) is 12.7 Å². The van der Waals surface area contributed by atoms with Crippen LogP contribution in [0.2, 0.25) is 5.02 Å². The minimum absolute atomic E-state index is 0.101. The summed E-state index contributed by atoms with van der Waals surface area (Å²) in [7, 11) is 0. The van der Waals surface area contributed by atoms with Crippen molar-refractivity contribution < 1.29 is 18.3 Å². The van der Waals surface area contributed by atoms with Gasteiger partial charge in [-0.1, -0.05) is 36.9 Å². The van der Waals surface area contributed by atoms with Crippen LogP contribution in [-0.4, -0.2) is 59.1 Å². The molecule has 4 aromatic rings. The van der Waals surface area contributed by atoms with Crippen molar-refractivity contribution in [3.63, 3.8) is 0 Å². The first-order valence-corrected chi connectivity index (χ1v) is 13.1. The Kier molecular flexibility index (Phi) is 8.45. The molecule has 1 atom stereocenters. The molecule has 0 bridgehead atoms. The molecule has 1 aliphatic carbocycles. The second-order valence-electron chi connectivity index (χ2n) is 9.35. The van der Waals surface area contributed by atoms with Crippen LogP contribution in [0.3, 0.4) is 0 Å². The molecule has 3 aromatic heterocycles. The minimum atomic E-state index is -2.61. The fraction of sp³-hybridized carbons (Fsp3) is 0.440. The van der Waals surface area contributed by atoms with Gasteiger partial charge >= 0.3 is 0 Å². The predicted molar refractivity (Wildman–Crippen MR) is 140 cm³/mol. The van der Waals surface area contributed by atoms with Crippen LogP contribution >= 0.6 is 11.6 Å². The lowest BCUT2D eigenvalue weighted by Crippen LogP contribution is -2.20. The normalized spacial score (nSPS) is 14.9. The molecule has 1 saturated carbocycles. The van der Waals surface area contributed by atoms with Gasteiger partial charge in [0.05, 0.1) is 23.8 Å². The van der Waals surface area contributed by atoms with Gasteiger partial charge in [-0.05, 0) is 47.9 Å². The van der Waals surface area contributed by atoms with Gasteiger partial charge in [-0.3, -0.25) is 4.68 Å². The summed E-state index contributed by atoms with van der Waals surface area (Å²) >= 11 is 6.36. The number of rotatable bonds is 11. The summed E-state index contributed by atoms with van der Waals surface area (Å²) in [6.45, 7) is 1.60. The van der Waals surface area contributed by atoms with Gasteiger partial charge in [0.1, 0.15) is 23.9 Å². The van der Waals surface area contributed by atoms with Crippen molar-refractivity contribution in [2.75, 3.05) is 11.9 Å². The third kappa shape index (κ3) is 6.96. The molecule has 0 amide bonds. The molecule has 39 heavy (non-hydrogen) atoms. The lowest BCUT2D eigenvalue weighted by atomic mass is 9.96. The first-order chi connectivity index (χ1) is 18.9. The van der Waals surface area contributed by atoms with Crippen LogP contribution in [0.5, 0.6) is 11.6 Å². The largest absolute Gasteiger partial charge is 0.487 e. The van der Waals surface area contributed by atoms with Crippen LogP contribution in [0, 0.1) is 0 Å². The summed E-state index contributed by atoms with van der Waals surface area (Å²) in [6, 6.07) is 5.61. The summed E-state index contributed by atoms with van der Waals surface area (Å²) in [4.78, 5) is 8.82. The Morgan fingerprint density at radius 2 is 1.92 bits per heavy atom. The zero-order valence-corrected chi connectivity index (χ0v) is 22.0. The molecule has 3 heterocycles. The third-order valence-electron chi connectivity index (χ3n) is 6.32. The van der Waals surface area contributed by atoms with E-state index in [-0.39, 0.29) is 24.0 Å². The Morgan fingerprint density at radius 1 is 1.13 bits per heavy atom. The lowest BCUT2D eigenvalue weighted by Gasteiger charge is -2.21. The third-order valence-corrected chi connectivity index (χ3v) is 6.63. The average Bonchev–Trinajstić information content (AvgIpc) is 3.59. The quantitative estimate of drug-likeness (QED) is 0.260. The van der Waals surface area contributed by atoms with Crippen molar-refractivity contribution in [2.24, 2.45) is 0 Å². The van der Waals surface area contributed by atoms with Gasteiger partial charge in [0.2, 0.25) is 5.95 Å². The molecular formula is C25H28ClF2N9O2. The van der Waals surface area contributed by atoms with Crippen molar-refractivity contribution >= 4 is 23.2 Å². The predicted octanol–water partition coefficient (Wildman–Crippen LogP) is 5.34. The van der Waals surface area contributed by atoms with Crippen molar-refractivity contribution in [2.45, 2.75) is 64.1 Å². The Morgan fingerprint density at radius 3 is 2.64 bits per heavy atom. The Hall–Kier alpha value is -3.87. The molecule has 1 aliphatic rings. The number of hydrogen-bond acceptors (Lipinski definition) is 9. The highest BCUT2D eigenvalue weighted by Crippen LogP contribution is 2.34. The van der Waals surface area contributed by atoms with E-state index in [1.54, 1.807) is 34.0 Å². The fourth-order valence-electron chi connectivity index (χ4n) is 4.46. The molecule has 0 saturated heterocycles. The molecule has 1 aromatic carbocycles. The summed E-state index contributed by atoms with van der Waals surface area (Å²) in [6.07, 6.45) is 9.14. The zero-order chi connectivity index (χ0) is 27.2. The van der Waals surface area contributed by atoms with Crippen molar-refractivity contribution in [1.82, 2.24) is 40.0 Å². The van der Waals surface area contributed by atoms with Crippen LogP contribution < -0.4 is 14.8 Å². The second-order valence-corrected chi connectivity index (χ2v) is 9.75. The van der Waals surface area contributed by atoms with Crippen LogP contribution in [0.15, 0.2) is 43.1 Å². The first kappa shape index (κ1) is 26.7. The molecule has 0 aliphatic heterocycles. The van der Waals surface area contributed by atoms with Crippen LogP contribution in [0.25, 0.3) is 11.1 Å². The zero-order valence-electron chi connectivity index (χ0n) is 21.3. The lowest BCUT2D eigenvalue weighted by molar-refractivity contribution is 0.0793. The van der Waals surface area contributed by atoms with Gasteiger partial charge in [-0.25, -0.2) is 23.4 Å². The fourth-order valence-corrected chi connectivity index (χ4v) is 4.62. The van der Waals surface area contributed by atoms with E-state index in [4.69, 9.17) is 21.1 Å². The van der Waals surface area contributed by atoms with Gasteiger partial charge in [0, 0.05) is 18.0 Å². The van der Waals surface area contributed by atoms with Gasteiger partial charge < -0.3 is 14.8 Å². The molecule has 0 spiro atoms. The second kappa shape index (κ2) is 12.3. The molecule has 11 nitrogen and oxygen atoms in total. The number of benzene rings is 1. The van der Waals surface area contributed by atoms with E-state index in [0.29, 0.717) is 23.0 Å². The molecule has 0 unspecified atom stereocenters. The topological polar surface area (TPSA) is 118 Å². The molecular weight excluding hydrogens is 532 g/mol. The number of halogens is 3. The minimum Gasteiger partial charge on any atom is -0.487 e. The van der Waals surface area contributed by atoms with Crippen molar-refractivity contribution in [3.8, 4) is 22.8 Å². The number of alkyl halides is 2. The van der Waals surface area contributed by atoms with E-state index >= 15 is 0 Å². The molecule has 1 N–H and O–H groups in total. The monoisotopic (exact) mass is 559 g/mol. The number of hydrogen-bond donors (Lipinski definition) is 1. The number of anilines is 2. The maximum absolute atomic E-state index is 12.8. The standard InChI is InChI=1S/C25H28ClF2N9O2/c1-16(12-36-15-31-34-35-36)39-22-9-17(7-8-20(22)26)18-10-29-25(30-11-18)32-21-13-37(19-5-3-2-4-6-19)33-24(21)38-14-23(27)28/h7-11,13,15-16,19,23H,2-6,12,14H2,1H3,(H,29,30,32)/t16-/m0/s1. The van der Waals surface area contributed by atoms with Gasteiger partial charge in [0.25, 0.3) is 12.3 Å². The maximum Gasteiger partial charge on any atom is 0.272 e. The summed E-state index contributed by atoms with van der Waals surface area (Å²) in [5, 5.41) is 19.1. The molecule has 14 heteroatoms. The van der Waals surface area contributed by atoms with Gasteiger partial charge in [0.15, 0.2) is 6.61 Å². The Balaban J connectivity index is 1.29. The van der Waals surface area contributed by atoms with Crippen LogP contribution in [-0.2, 0) is 6.54 Å². The molecule has 1 fully saturated rings. The molecule has 206 valence electrons. The smallest absolute Gasteiger partial charge is 0.272 e. The van der Waals surface area contributed by atoms with Crippen LogP contribution in [0.4, 0.5) is 20.4 Å². The van der Waals surface area contributed by atoms with E-state index in [1.807, 2.05) is 19.1 Å².